The van der Waals surface area contributed by atoms with E-state index in [0.29, 0.717) is 16.6 Å². The highest BCUT2D eigenvalue weighted by Crippen LogP contribution is 2.41. The topological polar surface area (TPSA) is 86.1 Å². The normalized spacial score (nSPS) is 14.2. The molecule has 1 aromatic heterocycles. The van der Waals surface area contributed by atoms with Crippen molar-refractivity contribution in [2.24, 2.45) is 0 Å². The predicted octanol–water partition coefficient (Wildman–Crippen LogP) is 3.21. The van der Waals surface area contributed by atoms with Crippen LogP contribution in [-0.2, 0) is 9.53 Å². The average Bonchev–Trinajstić information content (AvgIpc) is 3.56. The van der Waals surface area contributed by atoms with Crippen LogP contribution < -0.4 is 5.32 Å². The lowest BCUT2D eigenvalue weighted by atomic mass is 10.2. The number of carbonyl (C=O) groups is 2. The first-order valence-corrected chi connectivity index (χ1v) is 10.6. The van der Waals surface area contributed by atoms with E-state index < -0.39 is 11.2 Å². The van der Waals surface area contributed by atoms with Crippen molar-refractivity contribution in [3.8, 4) is 5.69 Å². The molecule has 1 fully saturated rings. The molecule has 1 amide bonds. The van der Waals surface area contributed by atoms with Gasteiger partial charge in [-0.3, -0.25) is 14.2 Å². The Morgan fingerprint density at radius 3 is 2.40 bits per heavy atom. The molecule has 1 aliphatic rings. The maximum absolute atomic E-state index is 12.4. The lowest BCUT2D eigenvalue weighted by Gasteiger charge is -2.16. The van der Waals surface area contributed by atoms with Gasteiger partial charge in [0, 0.05) is 23.7 Å². The van der Waals surface area contributed by atoms with Crippen molar-refractivity contribution in [1.82, 2.24) is 20.1 Å². The van der Waals surface area contributed by atoms with E-state index in [4.69, 9.17) is 4.74 Å². The molecule has 1 saturated carbocycles. The standard InChI is InChI=1S/C22H22N4O3S/c1-29-21(28)18(14-23-20(27)16-8-4-2-5-9-16)30-22-25-24-19(15-12-13-15)26(22)17-10-6-3-7-11-17/h2-11,15,18H,12-14H2,1H3,(H,23,27). The van der Waals surface area contributed by atoms with Crippen molar-refractivity contribution in [3.05, 3.63) is 72.1 Å². The van der Waals surface area contributed by atoms with E-state index in [2.05, 4.69) is 15.5 Å². The third-order valence-corrected chi connectivity index (χ3v) is 5.93. The van der Waals surface area contributed by atoms with E-state index in [0.717, 1.165) is 24.4 Å². The van der Waals surface area contributed by atoms with Gasteiger partial charge in [-0.2, -0.15) is 0 Å². The Kier molecular flexibility index (Phi) is 6.13. The Hall–Kier alpha value is -3.13. The number of nitrogens with one attached hydrogen (secondary N) is 1. The number of carbonyl (C=O) groups excluding carboxylic acids is 2. The van der Waals surface area contributed by atoms with Crippen LogP contribution in [-0.4, -0.2) is 45.5 Å². The molecule has 0 spiro atoms. The fraction of sp³-hybridized carbons (Fsp3) is 0.273. The number of aromatic nitrogens is 3. The third-order valence-electron chi connectivity index (χ3n) is 4.81. The van der Waals surface area contributed by atoms with Gasteiger partial charge in [-0.05, 0) is 37.1 Å². The second-order valence-corrected chi connectivity index (χ2v) is 8.16. The van der Waals surface area contributed by atoms with Gasteiger partial charge in [0.1, 0.15) is 11.1 Å². The summed E-state index contributed by atoms with van der Waals surface area (Å²) in [6.07, 6.45) is 2.17. The number of nitrogens with zero attached hydrogens (tertiary/aromatic N) is 3. The number of hydrogen-bond acceptors (Lipinski definition) is 6. The minimum atomic E-state index is -0.652. The SMILES string of the molecule is COC(=O)C(CNC(=O)c1ccccc1)Sc1nnc(C2CC2)n1-c1ccccc1. The zero-order valence-electron chi connectivity index (χ0n) is 16.5. The molecule has 0 aliphatic heterocycles. The van der Waals surface area contributed by atoms with Crippen LogP contribution in [0.1, 0.15) is 34.9 Å². The number of para-hydroxylation sites is 1. The highest BCUT2D eigenvalue weighted by Gasteiger charge is 2.32. The third kappa shape index (κ3) is 4.54. The summed E-state index contributed by atoms with van der Waals surface area (Å²) < 4.78 is 6.96. The molecule has 2 aromatic carbocycles. The molecule has 1 aliphatic carbocycles. The van der Waals surface area contributed by atoms with Crippen molar-refractivity contribution < 1.29 is 14.3 Å². The molecule has 0 radical (unpaired) electrons. The number of esters is 1. The Morgan fingerprint density at radius 1 is 1.10 bits per heavy atom. The molecule has 30 heavy (non-hydrogen) atoms. The predicted molar refractivity (Wildman–Crippen MR) is 114 cm³/mol. The van der Waals surface area contributed by atoms with Gasteiger partial charge in [-0.1, -0.05) is 48.2 Å². The molecule has 7 nitrogen and oxygen atoms in total. The van der Waals surface area contributed by atoms with Crippen LogP contribution in [0.2, 0.25) is 0 Å². The Balaban J connectivity index is 1.55. The summed E-state index contributed by atoms with van der Waals surface area (Å²) in [6, 6.07) is 18.7. The molecule has 1 atom stereocenters. The first-order chi connectivity index (χ1) is 14.7. The van der Waals surface area contributed by atoms with Gasteiger partial charge < -0.3 is 10.1 Å². The van der Waals surface area contributed by atoms with Crippen LogP contribution in [0.25, 0.3) is 5.69 Å². The highest BCUT2D eigenvalue weighted by molar-refractivity contribution is 8.00. The first kappa shape index (κ1) is 20.2. The van der Waals surface area contributed by atoms with E-state index in [1.165, 1.54) is 18.9 Å². The maximum Gasteiger partial charge on any atom is 0.321 e. The molecular weight excluding hydrogens is 400 g/mol. The average molecular weight is 423 g/mol. The second kappa shape index (κ2) is 9.13. The van der Waals surface area contributed by atoms with E-state index in [-0.39, 0.29) is 12.5 Å². The second-order valence-electron chi connectivity index (χ2n) is 6.99. The highest BCUT2D eigenvalue weighted by atomic mass is 32.2. The minimum Gasteiger partial charge on any atom is -0.468 e. The number of thioether (sulfide) groups is 1. The number of hydrogen-bond donors (Lipinski definition) is 1. The van der Waals surface area contributed by atoms with Crippen LogP contribution in [0, 0.1) is 0 Å². The molecule has 8 heteroatoms. The van der Waals surface area contributed by atoms with Gasteiger partial charge in [-0.15, -0.1) is 10.2 Å². The monoisotopic (exact) mass is 422 g/mol. The van der Waals surface area contributed by atoms with Crippen molar-refractivity contribution in [1.29, 1.82) is 0 Å². The molecule has 3 aromatic rings. The Labute approximate surface area is 178 Å². The molecule has 154 valence electrons. The van der Waals surface area contributed by atoms with E-state index >= 15 is 0 Å². The van der Waals surface area contributed by atoms with Crippen molar-refractivity contribution >= 4 is 23.6 Å². The summed E-state index contributed by atoms with van der Waals surface area (Å²) >= 11 is 1.25. The van der Waals surface area contributed by atoms with E-state index in [1.54, 1.807) is 24.3 Å². The van der Waals surface area contributed by atoms with Gasteiger partial charge >= 0.3 is 5.97 Å². The van der Waals surface area contributed by atoms with Crippen LogP contribution in [0.5, 0.6) is 0 Å². The smallest absolute Gasteiger partial charge is 0.321 e. The summed E-state index contributed by atoms with van der Waals surface area (Å²) in [5, 5.41) is 11.5. The number of ether oxygens (including phenoxy) is 1. The summed E-state index contributed by atoms with van der Waals surface area (Å²) in [5.74, 6) is 0.624. The van der Waals surface area contributed by atoms with Crippen LogP contribution in [0.4, 0.5) is 0 Å². The lowest BCUT2D eigenvalue weighted by Crippen LogP contribution is -2.35. The molecule has 1 unspecified atom stereocenters. The van der Waals surface area contributed by atoms with Crippen LogP contribution in [0.15, 0.2) is 65.8 Å². The number of rotatable bonds is 8. The Bertz CT molecular complexity index is 1020. The largest absolute Gasteiger partial charge is 0.468 e. The van der Waals surface area contributed by atoms with Gasteiger partial charge in [0.15, 0.2) is 5.16 Å². The molecule has 1 heterocycles. The summed E-state index contributed by atoms with van der Waals surface area (Å²) in [7, 11) is 1.34. The Morgan fingerprint density at radius 2 is 1.77 bits per heavy atom. The summed E-state index contributed by atoms with van der Waals surface area (Å²) in [6.45, 7) is 0.117. The molecule has 0 saturated heterocycles. The quantitative estimate of drug-likeness (QED) is 0.443. The van der Waals surface area contributed by atoms with E-state index in [9.17, 15) is 9.59 Å². The van der Waals surface area contributed by atoms with Gasteiger partial charge in [-0.25, -0.2) is 0 Å². The zero-order valence-corrected chi connectivity index (χ0v) is 17.3. The van der Waals surface area contributed by atoms with Crippen LogP contribution >= 0.6 is 11.8 Å². The fourth-order valence-corrected chi connectivity index (χ4v) is 4.10. The van der Waals surface area contributed by atoms with Gasteiger partial charge in [0.25, 0.3) is 5.91 Å². The van der Waals surface area contributed by atoms with Gasteiger partial charge in [0.2, 0.25) is 0 Å². The molecule has 4 rings (SSSR count). The van der Waals surface area contributed by atoms with Crippen molar-refractivity contribution in [2.75, 3.05) is 13.7 Å². The minimum absolute atomic E-state index is 0.117. The molecule has 0 bridgehead atoms. The van der Waals surface area contributed by atoms with E-state index in [1.807, 2.05) is 41.0 Å². The fourth-order valence-electron chi connectivity index (χ4n) is 3.09. The summed E-state index contributed by atoms with van der Waals surface area (Å²) in [5.41, 5.74) is 1.48. The number of methoxy groups -OCH3 is 1. The molecule has 1 N–H and O–H groups in total. The van der Waals surface area contributed by atoms with Crippen LogP contribution in [0.3, 0.4) is 0 Å². The summed E-state index contributed by atoms with van der Waals surface area (Å²) in [4.78, 5) is 24.8. The maximum atomic E-state index is 12.4. The van der Waals surface area contributed by atoms with Crippen molar-refractivity contribution in [3.63, 3.8) is 0 Å². The lowest BCUT2D eigenvalue weighted by molar-refractivity contribution is -0.139. The van der Waals surface area contributed by atoms with Crippen molar-refractivity contribution in [2.45, 2.75) is 29.2 Å². The first-order valence-electron chi connectivity index (χ1n) is 9.76. The zero-order chi connectivity index (χ0) is 20.9. The number of benzene rings is 2. The number of amides is 1. The molecular formula is C22H22N4O3S. The van der Waals surface area contributed by atoms with Gasteiger partial charge in [0.05, 0.1) is 7.11 Å².